The van der Waals surface area contributed by atoms with Gasteiger partial charge in [0.15, 0.2) is 5.75 Å². The van der Waals surface area contributed by atoms with Gasteiger partial charge in [0.2, 0.25) is 0 Å². The van der Waals surface area contributed by atoms with E-state index in [-0.39, 0.29) is 11.8 Å². The van der Waals surface area contributed by atoms with Gasteiger partial charge in [0, 0.05) is 5.69 Å². The van der Waals surface area contributed by atoms with Crippen LogP contribution in [0.25, 0.3) is 0 Å². The molecule has 3 aromatic rings. The van der Waals surface area contributed by atoms with Gasteiger partial charge >= 0.3 is 0 Å². The third-order valence-corrected chi connectivity index (χ3v) is 3.83. The molecule has 1 aromatic heterocycles. The summed E-state index contributed by atoms with van der Waals surface area (Å²) >= 11 is 0. The largest absolute Gasteiger partial charge is 0.454 e. The van der Waals surface area contributed by atoms with E-state index in [1.54, 1.807) is 37.3 Å². The molecule has 2 N–H and O–H groups in total. The molecule has 124 valence electrons. The Balaban J connectivity index is 1.64. The number of carbonyl (C=O) groups excluding carboxylic acids is 2. The zero-order valence-corrected chi connectivity index (χ0v) is 13.2. The number of nitrogens with one attached hydrogen (secondary N) is 2. The van der Waals surface area contributed by atoms with Gasteiger partial charge in [0.25, 0.3) is 11.8 Å². The summed E-state index contributed by atoms with van der Waals surface area (Å²) in [6, 6.07) is 12.0. The molecule has 0 aliphatic carbocycles. The Bertz CT molecular complexity index is 993. The van der Waals surface area contributed by atoms with Crippen molar-refractivity contribution in [3.8, 4) is 11.5 Å². The molecular weight excluding hydrogens is 322 g/mol. The van der Waals surface area contributed by atoms with Crippen LogP contribution in [0.15, 0.2) is 53.2 Å². The number of anilines is 2. The summed E-state index contributed by atoms with van der Waals surface area (Å²) in [7, 11) is 0. The fourth-order valence-electron chi connectivity index (χ4n) is 2.56. The summed E-state index contributed by atoms with van der Waals surface area (Å²) in [6.45, 7) is 1.65. The van der Waals surface area contributed by atoms with Crippen LogP contribution in [0.1, 0.15) is 26.5 Å². The molecule has 0 fully saturated rings. The standard InChI is InChI=1S/C18H13N3O4/c1-10-13(9-19-25-10)18(23)20-11-6-7-15-12(8-11)17(22)21-14-4-2-3-5-16(14)24-15/h2-9H,1H3,(H,20,23)(H,21,22). The monoisotopic (exact) mass is 335 g/mol. The van der Waals surface area contributed by atoms with E-state index in [1.165, 1.54) is 6.20 Å². The first-order valence-corrected chi connectivity index (χ1v) is 7.57. The van der Waals surface area contributed by atoms with E-state index < -0.39 is 0 Å². The summed E-state index contributed by atoms with van der Waals surface area (Å²) in [5.74, 6) is 0.728. The van der Waals surface area contributed by atoms with Crippen molar-refractivity contribution in [2.45, 2.75) is 6.92 Å². The lowest BCUT2D eigenvalue weighted by atomic mass is 10.1. The molecule has 7 heteroatoms. The maximum atomic E-state index is 12.5. The quantitative estimate of drug-likeness (QED) is 0.746. The maximum Gasteiger partial charge on any atom is 0.260 e. The van der Waals surface area contributed by atoms with Crippen molar-refractivity contribution in [3.05, 3.63) is 65.5 Å². The Kier molecular flexibility index (Phi) is 3.46. The number of hydrogen-bond acceptors (Lipinski definition) is 5. The van der Waals surface area contributed by atoms with E-state index in [2.05, 4.69) is 15.8 Å². The molecule has 0 radical (unpaired) electrons. The number of rotatable bonds is 2. The van der Waals surface area contributed by atoms with E-state index in [0.717, 1.165) is 0 Å². The van der Waals surface area contributed by atoms with Crippen molar-refractivity contribution in [2.75, 3.05) is 10.6 Å². The number of amides is 2. The summed E-state index contributed by atoms with van der Waals surface area (Å²) in [6.07, 6.45) is 1.35. The van der Waals surface area contributed by atoms with Crippen LogP contribution in [0.4, 0.5) is 11.4 Å². The molecule has 0 spiro atoms. The molecule has 0 saturated heterocycles. The van der Waals surface area contributed by atoms with Gasteiger partial charge in [0.1, 0.15) is 17.1 Å². The fourth-order valence-corrected chi connectivity index (χ4v) is 2.56. The molecule has 0 atom stereocenters. The topological polar surface area (TPSA) is 93.5 Å². The minimum Gasteiger partial charge on any atom is -0.454 e. The first-order chi connectivity index (χ1) is 12.1. The predicted octanol–water partition coefficient (Wildman–Crippen LogP) is 3.59. The molecule has 25 heavy (non-hydrogen) atoms. The van der Waals surface area contributed by atoms with Crippen molar-refractivity contribution < 1.29 is 18.8 Å². The average molecular weight is 335 g/mol. The van der Waals surface area contributed by atoms with Gasteiger partial charge in [-0.1, -0.05) is 17.3 Å². The number of nitrogens with zero attached hydrogens (tertiary/aromatic N) is 1. The predicted molar refractivity (Wildman–Crippen MR) is 90.1 cm³/mol. The Morgan fingerprint density at radius 2 is 2.00 bits per heavy atom. The van der Waals surface area contributed by atoms with Crippen LogP contribution < -0.4 is 15.4 Å². The first kappa shape index (κ1) is 14.9. The average Bonchev–Trinajstić information content (AvgIpc) is 2.97. The third kappa shape index (κ3) is 2.72. The Morgan fingerprint density at radius 3 is 2.80 bits per heavy atom. The van der Waals surface area contributed by atoms with Crippen molar-refractivity contribution in [1.29, 1.82) is 0 Å². The number of hydrogen-bond donors (Lipinski definition) is 2. The zero-order chi connectivity index (χ0) is 17.4. The molecule has 2 aromatic carbocycles. The number of ether oxygens (including phenoxy) is 1. The van der Waals surface area contributed by atoms with Crippen LogP contribution in [0.5, 0.6) is 11.5 Å². The van der Waals surface area contributed by atoms with Crippen molar-refractivity contribution >= 4 is 23.2 Å². The summed E-state index contributed by atoms with van der Waals surface area (Å²) in [5, 5.41) is 9.10. The smallest absolute Gasteiger partial charge is 0.260 e. The lowest BCUT2D eigenvalue weighted by Gasteiger charge is -2.09. The summed E-state index contributed by atoms with van der Waals surface area (Å²) in [5.41, 5.74) is 1.72. The van der Waals surface area contributed by atoms with Crippen LogP contribution in [-0.4, -0.2) is 17.0 Å². The second-order valence-corrected chi connectivity index (χ2v) is 5.51. The summed E-state index contributed by atoms with van der Waals surface area (Å²) in [4.78, 5) is 24.7. The van der Waals surface area contributed by atoms with Crippen LogP contribution in [0.3, 0.4) is 0 Å². The van der Waals surface area contributed by atoms with Crippen LogP contribution in [0.2, 0.25) is 0 Å². The zero-order valence-electron chi connectivity index (χ0n) is 13.2. The van der Waals surface area contributed by atoms with Gasteiger partial charge in [-0.15, -0.1) is 0 Å². The van der Waals surface area contributed by atoms with Gasteiger partial charge in [-0.05, 0) is 37.3 Å². The molecule has 0 unspecified atom stereocenters. The number of carbonyl (C=O) groups is 2. The minimum atomic E-state index is -0.364. The maximum absolute atomic E-state index is 12.5. The number of aromatic nitrogens is 1. The molecule has 4 rings (SSSR count). The fraction of sp³-hybridized carbons (Fsp3) is 0.0556. The molecule has 0 saturated carbocycles. The number of fused-ring (bicyclic) bond motifs is 2. The highest BCUT2D eigenvalue weighted by Gasteiger charge is 2.21. The van der Waals surface area contributed by atoms with Crippen LogP contribution in [-0.2, 0) is 0 Å². The van der Waals surface area contributed by atoms with Gasteiger partial charge in [-0.25, -0.2) is 0 Å². The second-order valence-electron chi connectivity index (χ2n) is 5.51. The van der Waals surface area contributed by atoms with Crippen LogP contribution >= 0.6 is 0 Å². The Morgan fingerprint density at radius 1 is 1.16 bits per heavy atom. The molecule has 7 nitrogen and oxygen atoms in total. The minimum absolute atomic E-state index is 0.308. The lowest BCUT2D eigenvalue weighted by Crippen LogP contribution is -2.14. The number of para-hydroxylation sites is 2. The lowest BCUT2D eigenvalue weighted by molar-refractivity contribution is 0.101. The molecule has 0 bridgehead atoms. The van der Waals surface area contributed by atoms with Crippen molar-refractivity contribution in [1.82, 2.24) is 5.16 Å². The van der Waals surface area contributed by atoms with E-state index in [4.69, 9.17) is 9.26 Å². The van der Waals surface area contributed by atoms with E-state index >= 15 is 0 Å². The highest BCUT2D eigenvalue weighted by molar-refractivity contribution is 6.10. The SMILES string of the molecule is Cc1oncc1C(=O)Nc1ccc2c(c1)C(=O)Nc1ccccc1O2. The Labute approximate surface area is 142 Å². The molecular formula is C18H13N3O4. The van der Waals surface area contributed by atoms with Gasteiger partial charge in [-0.2, -0.15) is 0 Å². The van der Waals surface area contributed by atoms with Gasteiger partial charge in [-0.3, -0.25) is 9.59 Å². The summed E-state index contributed by atoms with van der Waals surface area (Å²) < 4.78 is 10.7. The van der Waals surface area contributed by atoms with Crippen molar-refractivity contribution in [2.24, 2.45) is 0 Å². The van der Waals surface area contributed by atoms with E-state index in [9.17, 15) is 9.59 Å². The van der Waals surface area contributed by atoms with Crippen molar-refractivity contribution in [3.63, 3.8) is 0 Å². The van der Waals surface area contributed by atoms with Gasteiger partial charge < -0.3 is 19.9 Å². The van der Waals surface area contributed by atoms with Gasteiger partial charge in [0.05, 0.1) is 17.4 Å². The van der Waals surface area contributed by atoms with E-state index in [1.807, 2.05) is 12.1 Å². The number of aryl methyl sites for hydroxylation is 1. The Hall–Kier alpha value is -3.61. The molecule has 2 amide bonds. The molecule has 1 aliphatic heterocycles. The van der Waals surface area contributed by atoms with E-state index in [0.29, 0.717) is 39.8 Å². The molecule has 1 aliphatic rings. The normalized spacial score (nSPS) is 12.3. The number of benzene rings is 2. The third-order valence-electron chi connectivity index (χ3n) is 3.83. The highest BCUT2D eigenvalue weighted by Crippen LogP contribution is 2.36. The first-order valence-electron chi connectivity index (χ1n) is 7.57. The highest BCUT2D eigenvalue weighted by atomic mass is 16.5. The second kappa shape index (κ2) is 5.79. The van der Waals surface area contributed by atoms with Crippen LogP contribution in [0, 0.1) is 6.92 Å². The molecule has 2 heterocycles.